The number of aryl methyl sites for hydroxylation is 2. The van der Waals surface area contributed by atoms with Gasteiger partial charge >= 0.3 is 0 Å². The Morgan fingerprint density at radius 3 is 2.40 bits per heavy atom. The van der Waals surface area contributed by atoms with E-state index in [1.165, 1.54) is 12.1 Å². The van der Waals surface area contributed by atoms with Crippen LogP contribution in [0, 0.1) is 19.7 Å². The predicted molar refractivity (Wildman–Crippen MR) is 134 cm³/mol. The smallest absolute Gasteiger partial charge is 0.293 e. The van der Waals surface area contributed by atoms with Crippen LogP contribution < -0.4 is 10.1 Å². The number of hydrogen-bond acceptors (Lipinski definition) is 5. The number of hydrogen-bond donors (Lipinski definition) is 1. The highest BCUT2D eigenvalue weighted by atomic mass is 32.2. The molecule has 0 spiro atoms. The van der Waals surface area contributed by atoms with E-state index >= 15 is 0 Å². The fourth-order valence-electron chi connectivity index (χ4n) is 3.39. The third kappa shape index (κ3) is 6.16. The lowest BCUT2D eigenvalue weighted by Crippen LogP contribution is -2.27. The summed E-state index contributed by atoms with van der Waals surface area (Å²) in [5.74, 6) is -0.543. The van der Waals surface area contributed by atoms with Crippen LogP contribution in [0.1, 0.15) is 22.3 Å². The van der Waals surface area contributed by atoms with Crippen LogP contribution in [0.3, 0.4) is 0 Å². The molecule has 3 aromatic carbocycles. The zero-order valence-corrected chi connectivity index (χ0v) is 20.0. The van der Waals surface area contributed by atoms with Gasteiger partial charge < -0.3 is 10.1 Å². The number of imide groups is 1. The molecule has 0 saturated carbocycles. The lowest BCUT2D eigenvalue weighted by molar-refractivity contribution is -0.123. The molecule has 1 aliphatic rings. The van der Waals surface area contributed by atoms with Crippen molar-refractivity contribution in [3.8, 4) is 5.75 Å². The second-order valence-electron chi connectivity index (χ2n) is 8.10. The fourth-order valence-corrected chi connectivity index (χ4v) is 4.22. The molecule has 1 N–H and O–H groups in total. The number of carbonyl (C=O) groups excluding carboxylic acids is 3. The molecule has 3 aromatic rings. The van der Waals surface area contributed by atoms with Crippen molar-refractivity contribution >= 4 is 40.6 Å². The molecule has 1 saturated heterocycles. The molecule has 0 radical (unpaired) electrons. The first kappa shape index (κ1) is 24.2. The SMILES string of the molecule is Cc1ccc(NC(=O)COc2ccc(/C=C3\SC(=O)N(Cc4ccc(F)cc4)C3=O)cc2)cc1C. The monoisotopic (exact) mass is 490 g/mol. The van der Waals surface area contributed by atoms with Crippen molar-refractivity contribution in [1.29, 1.82) is 0 Å². The Kier molecular flexibility index (Phi) is 7.31. The average Bonchev–Trinajstić information content (AvgIpc) is 3.09. The third-order valence-corrected chi connectivity index (χ3v) is 6.37. The topological polar surface area (TPSA) is 75.7 Å². The van der Waals surface area contributed by atoms with Gasteiger partial charge in [-0.15, -0.1) is 0 Å². The van der Waals surface area contributed by atoms with Crippen molar-refractivity contribution in [2.75, 3.05) is 11.9 Å². The minimum atomic E-state index is -0.396. The van der Waals surface area contributed by atoms with E-state index in [1.54, 1.807) is 42.5 Å². The summed E-state index contributed by atoms with van der Waals surface area (Å²) in [6.07, 6.45) is 1.63. The Morgan fingerprint density at radius 2 is 1.71 bits per heavy atom. The molecule has 0 unspecified atom stereocenters. The third-order valence-electron chi connectivity index (χ3n) is 5.47. The van der Waals surface area contributed by atoms with Crippen LogP contribution >= 0.6 is 11.8 Å². The first-order chi connectivity index (χ1) is 16.8. The lowest BCUT2D eigenvalue weighted by Gasteiger charge is -2.12. The molecular formula is C27H23FN2O4S. The quantitative estimate of drug-likeness (QED) is 0.430. The van der Waals surface area contributed by atoms with E-state index in [0.717, 1.165) is 27.8 Å². The van der Waals surface area contributed by atoms with E-state index in [1.807, 2.05) is 32.0 Å². The van der Waals surface area contributed by atoms with Crippen molar-refractivity contribution in [2.24, 2.45) is 0 Å². The van der Waals surface area contributed by atoms with Crippen LogP contribution in [0.4, 0.5) is 14.9 Å². The average molecular weight is 491 g/mol. The molecule has 0 atom stereocenters. The molecule has 4 rings (SSSR count). The number of anilines is 1. The number of rotatable bonds is 7. The summed E-state index contributed by atoms with van der Waals surface area (Å²) in [5, 5.41) is 2.43. The van der Waals surface area contributed by atoms with Crippen molar-refractivity contribution in [2.45, 2.75) is 20.4 Å². The van der Waals surface area contributed by atoms with Crippen LogP contribution in [-0.4, -0.2) is 28.6 Å². The summed E-state index contributed by atoms with van der Waals surface area (Å²) in [6.45, 7) is 3.93. The van der Waals surface area contributed by atoms with Crippen molar-refractivity contribution in [3.63, 3.8) is 0 Å². The number of ether oxygens (including phenoxy) is 1. The highest BCUT2D eigenvalue weighted by molar-refractivity contribution is 8.18. The molecule has 35 heavy (non-hydrogen) atoms. The summed E-state index contributed by atoms with van der Waals surface area (Å²) < 4.78 is 18.7. The maximum atomic E-state index is 13.1. The van der Waals surface area contributed by atoms with Crippen molar-refractivity contribution in [1.82, 2.24) is 4.90 Å². The Labute approximate surface area is 206 Å². The molecule has 0 bridgehead atoms. The van der Waals surface area contributed by atoms with E-state index in [-0.39, 0.29) is 30.1 Å². The Hall–Kier alpha value is -3.91. The van der Waals surface area contributed by atoms with Crippen LogP contribution in [0.25, 0.3) is 6.08 Å². The Balaban J connectivity index is 1.33. The fraction of sp³-hybridized carbons (Fsp3) is 0.148. The Bertz CT molecular complexity index is 1300. The van der Waals surface area contributed by atoms with Gasteiger partial charge in [-0.3, -0.25) is 19.3 Å². The summed E-state index contributed by atoms with van der Waals surface area (Å²) in [7, 11) is 0. The summed E-state index contributed by atoms with van der Waals surface area (Å²) in [4.78, 5) is 38.6. The number of halogens is 1. The maximum absolute atomic E-state index is 13.1. The second-order valence-corrected chi connectivity index (χ2v) is 9.09. The highest BCUT2D eigenvalue weighted by Gasteiger charge is 2.34. The van der Waals surface area contributed by atoms with Gasteiger partial charge in [0.2, 0.25) is 0 Å². The molecule has 1 heterocycles. The van der Waals surface area contributed by atoms with Crippen molar-refractivity contribution in [3.05, 3.63) is 99.7 Å². The molecular weight excluding hydrogens is 467 g/mol. The van der Waals surface area contributed by atoms with Crippen molar-refractivity contribution < 1.29 is 23.5 Å². The minimum Gasteiger partial charge on any atom is -0.484 e. The van der Waals surface area contributed by atoms with E-state index in [0.29, 0.717) is 27.5 Å². The van der Waals surface area contributed by atoms with E-state index in [9.17, 15) is 18.8 Å². The predicted octanol–water partition coefficient (Wildman–Crippen LogP) is 5.70. The van der Waals surface area contributed by atoms with E-state index in [2.05, 4.69) is 5.32 Å². The highest BCUT2D eigenvalue weighted by Crippen LogP contribution is 2.33. The van der Waals surface area contributed by atoms with Gasteiger partial charge in [0, 0.05) is 5.69 Å². The minimum absolute atomic E-state index is 0.0826. The van der Waals surface area contributed by atoms with Gasteiger partial charge in [0.15, 0.2) is 6.61 Å². The van der Waals surface area contributed by atoms with E-state index in [4.69, 9.17) is 4.74 Å². The summed E-state index contributed by atoms with van der Waals surface area (Å²) >= 11 is 0.860. The number of carbonyl (C=O) groups is 3. The number of nitrogens with zero attached hydrogens (tertiary/aromatic N) is 1. The molecule has 8 heteroatoms. The first-order valence-corrected chi connectivity index (χ1v) is 11.7. The number of amides is 3. The van der Waals surface area contributed by atoms with Crippen LogP contribution in [0.2, 0.25) is 0 Å². The van der Waals surface area contributed by atoms with Gasteiger partial charge in [0.05, 0.1) is 11.4 Å². The number of nitrogens with one attached hydrogen (secondary N) is 1. The maximum Gasteiger partial charge on any atom is 0.293 e. The van der Waals surface area contributed by atoms with Gasteiger partial charge in [-0.1, -0.05) is 30.3 Å². The van der Waals surface area contributed by atoms with Gasteiger partial charge in [-0.25, -0.2) is 4.39 Å². The number of benzene rings is 3. The normalized spacial score (nSPS) is 14.5. The molecule has 1 fully saturated rings. The molecule has 6 nitrogen and oxygen atoms in total. The largest absolute Gasteiger partial charge is 0.484 e. The lowest BCUT2D eigenvalue weighted by atomic mass is 10.1. The summed E-state index contributed by atoms with van der Waals surface area (Å²) in [6, 6.07) is 18.2. The molecule has 1 aliphatic heterocycles. The zero-order chi connectivity index (χ0) is 24.9. The molecule has 178 valence electrons. The van der Waals surface area contributed by atoms with Gasteiger partial charge in [0.1, 0.15) is 11.6 Å². The Morgan fingerprint density at radius 1 is 1.00 bits per heavy atom. The van der Waals surface area contributed by atoms with Gasteiger partial charge in [-0.05, 0) is 90.3 Å². The molecule has 3 amide bonds. The molecule has 0 aliphatic carbocycles. The van der Waals surface area contributed by atoms with Gasteiger partial charge in [0.25, 0.3) is 17.1 Å². The second kappa shape index (κ2) is 10.6. The number of thioether (sulfide) groups is 1. The first-order valence-electron chi connectivity index (χ1n) is 10.9. The van der Waals surface area contributed by atoms with Crippen LogP contribution in [0.5, 0.6) is 5.75 Å². The molecule has 0 aromatic heterocycles. The summed E-state index contributed by atoms with van der Waals surface area (Å²) in [5.41, 5.74) is 4.33. The standard InChI is InChI=1S/C27H23FN2O4S/c1-17-3-10-22(13-18(17)2)29-25(31)16-34-23-11-6-19(7-12-23)14-24-26(32)30(27(33)35-24)15-20-4-8-21(28)9-5-20/h3-14H,15-16H2,1-2H3,(H,29,31)/b24-14-. The van der Waals surface area contributed by atoms with Gasteiger partial charge in [-0.2, -0.15) is 0 Å². The van der Waals surface area contributed by atoms with E-state index < -0.39 is 5.91 Å². The van der Waals surface area contributed by atoms with Crippen LogP contribution in [0.15, 0.2) is 71.6 Å². The van der Waals surface area contributed by atoms with Crippen LogP contribution in [-0.2, 0) is 16.1 Å². The zero-order valence-electron chi connectivity index (χ0n) is 19.2.